The third kappa shape index (κ3) is 3.02. The van der Waals surface area contributed by atoms with E-state index >= 15 is 0 Å². The molecule has 0 bridgehead atoms. The lowest BCUT2D eigenvalue weighted by Gasteiger charge is -2.02. The van der Waals surface area contributed by atoms with Crippen LogP contribution in [0.2, 0.25) is 0 Å². The lowest BCUT2D eigenvalue weighted by Crippen LogP contribution is -2.14. The van der Waals surface area contributed by atoms with Crippen molar-refractivity contribution >= 4 is 32.6 Å². The summed E-state index contributed by atoms with van der Waals surface area (Å²) >= 11 is 1.54. The average molecular weight is 310 g/mol. The summed E-state index contributed by atoms with van der Waals surface area (Å²) in [5.74, 6) is -0.0294. The molecule has 1 aromatic heterocycles. The lowest BCUT2D eigenvalue weighted by molar-refractivity contribution is -0.115. The molecule has 22 heavy (non-hydrogen) atoms. The van der Waals surface area contributed by atoms with Crippen LogP contribution in [0, 0.1) is 20.8 Å². The molecule has 0 atom stereocenters. The zero-order valence-electron chi connectivity index (χ0n) is 12.9. The number of hydrogen-bond acceptors (Lipinski definition) is 3. The zero-order chi connectivity index (χ0) is 15.7. The molecule has 0 unspecified atom stereocenters. The first kappa shape index (κ1) is 14.7. The van der Waals surface area contributed by atoms with Gasteiger partial charge < -0.3 is 5.32 Å². The maximum absolute atomic E-state index is 12.2. The molecule has 0 fully saturated rings. The smallest absolute Gasteiger partial charge is 0.230 e. The van der Waals surface area contributed by atoms with E-state index in [-0.39, 0.29) is 5.91 Å². The SMILES string of the molecule is Cc1ccc(CC(=O)Nc2nc3c(C)ccc(C)c3s2)cc1. The summed E-state index contributed by atoms with van der Waals surface area (Å²) in [6, 6.07) is 12.2. The highest BCUT2D eigenvalue weighted by Crippen LogP contribution is 2.30. The second-order valence-corrected chi connectivity index (χ2v) is 6.61. The summed E-state index contributed by atoms with van der Waals surface area (Å²) in [7, 11) is 0. The Morgan fingerprint density at radius 2 is 1.73 bits per heavy atom. The third-order valence-corrected chi connectivity index (χ3v) is 4.78. The molecule has 4 heteroatoms. The Morgan fingerprint density at radius 3 is 2.41 bits per heavy atom. The number of aromatic nitrogens is 1. The first-order valence-corrected chi connectivity index (χ1v) is 8.07. The van der Waals surface area contributed by atoms with Crippen molar-refractivity contribution in [3.63, 3.8) is 0 Å². The van der Waals surface area contributed by atoms with Gasteiger partial charge in [0.15, 0.2) is 5.13 Å². The third-order valence-electron chi connectivity index (χ3n) is 3.67. The number of benzene rings is 2. The monoisotopic (exact) mass is 310 g/mol. The van der Waals surface area contributed by atoms with Crippen LogP contribution in [0.1, 0.15) is 22.3 Å². The second-order valence-electron chi connectivity index (χ2n) is 5.61. The van der Waals surface area contributed by atoms with Gasteiger partial charge >= 0.3 is 0 Å². The normalized spacial score (nSPS) is 10.9. The van der Waals surface area contributed by atoms with Crippen molar-refractivity contribution in [2.24, 2.45) is 0 Å². The molecule has 1 heterocycles. The molecule has 1 amide bonds. The van der Waals surface area contributed by atoms with Gasteiger partial charge in [0.25, 0.3) is 0 Å². The van der Waals surface area contributed by atoms with Crippen molar-refractivity contribution in [3.05, 3.63) is 58.7 Å². The van der Waals surface area contributed by atoms with Crippen LogP contribution in [-0.4, -0.2) is 10.9 Å². The maximum Gasteiger partial charge on any atom is 0.230 e. The van der Waals surface area contributed by atoms with Crippen molar-refractivity contribution in [1.82, 2.24) is 4.98 Å². The minimum atomic E-state index is -0.0294. The summed E-state index contributed by atoms with van der Waals surface area (Å²) in [5.41, 5.74) is 5.52. The summed E-state index contributed by atoms with van der Waals surface area (Å²) in [6.07, 6.45) is 0.369. The van der Waals surface area contributed by atoms with Crippen molar-refractivity contribution in [2.45, 2.75) is 27.2 Å². The fourth-order valence-corrected chi connectivity index (χ4v) is 3.40. The molecule has 0 aliphatic heterocycles. The van der Waals surface area contributed by atoms with Crippen LogP contribution >= 0.6 is 11.3 Å². The van der Waals surface area contributed by atoms with Gasteiger partial charge in [-0.25, -0.2) is 4.98 Å². The number of carbonyl (C=O) groups is 1. The molecule has 3 aromatic rings. The first-order valence-electron chi connectivity index (χ1n) is 7.25. The molecular weight excluding hydrogens is 292 g/mol. The van der Waals surface area contributed by atoms with E-state index in [1.54, 1.807) is 0 Å². The van der Waals surface area contributed by atoms with E-state index in [4.69, 9.17) is 0 Å². The van der Waals surface area contributed by atoms with E-state index in [0.29, 0.717) is 11.6 Å². The maximum atomic E-state index is 12.2. The van der Waals surface area contributed by atoms with Gasteiger partial charge in [0.1, 0.15) is 0 Å². The van der Waals surface area contributed by atoms with Gasteiger partial charge in [0.05, 0.1) is 16.6 Å². The topological polar surface area (TPSA) is 42.0 Å². The Balaban J connectivity index is 1.78. The first-order chi connectivity index (χ1) is 10.5. The molecule has 3 rings (SSSR count). The van der Waals surface area contributed by atoms with Crippen molar-refractivity contribution in [2.75, 3.05) is 5.32 Å². The molecule has 1 N–H and O–H groups in total. The molecule has 0 spiro atoms. The van der Waals surface area contributed by atoms with Crippen molar-refractivity contribution in [1.29, 1.82) is 0 Å². The van der Waals surface area contributed by atoms with E-state index in [9.17, 15) is 4.79 Å². The number of thiazole rings is 1. The van der Waals surface area contributed by atoms with Crippen LogP contribution < -0.4 is 5.32 Å². The van der Waals surface area contributed by atoms with Crippen LogP contribution in [0.4, 0.5) is 5.13 Å². The lowest BCUT2D eigenvalue weighted by atomic mass is 10.1. The number of carbonyl (C=O) groups excluding carboxylic acids is 1. The molecule has 0 aliphatic rings. The molecule has 0 saturated heterocycles. The standard InChI is InChI=1S/C18H18N2OS/c1-11-4-8-14(9-5-11)10-15(21)19-18-20-16-12(2)6-7-13(3)17(16)22-18/h4-9H,10H2,1-3H3,(H,19,20,21). The van der Waals surface area contributed by atoms with Gasteiger partial charge in [0, 0.05) is 0 Å². The molecule has 0 aliphatic carbocycles. The van der Waals surface area contributed by atoms with Gasteiger partial charge in [-0.3, -0.25) is 4.79 Å². The van der Waals surface area contributed by atoms with Crippen LogP contribution in [0.15, 0.2) is 36.4 Å². The number of aryl methyl sites for hydroxylation is 3. The summed E-state index contributed by atoms with van der Waals surface area (Å²) in [4.78, 5) is 16.7. The van der Waals surface area contributed by atoms with E-state index < -0.39 is 0 Å². The summed E-state index contributed by atoms with van der Waals surface area (Å²) in [5, 5.41) is 3.59. The minimum absolute atomic E-state index is 0.0294. The van der Waals surface area contributed by atoms with Crippen LogP contribution in [0.5, 0.6) is 0 Å². The predicted octanol–water partition coefficient (Wildman–Crippen LogP) is 4.40. The number of anilines is 1. The highest BCUT2D eigenvalue weighted by atomic mass is 32.1. The van der Waals surface area contributed by atoms with Crippen LogP contribution in [0.3, 0.4) is 0 Å². The highest BCUT2D eigenvalue weighted by Gasteiger charge is 2.11. The Morgan fingerprint density at radius 1 is 1.05 bits per heavy atom. The number of nitrogens with one attached hydrogen (secondary N) is 1. The number of fused-ring (bicyclic) bond motifs is 1. The van der Waals surface area contributed by atoms with Crippen LogP contribution in [-0.2, 0) is 11.2 Å². The second kappa shape index (κ2) is 5.89. The van der Waals surface area contributed by atoms with Gasteiger partial charge in [-0.1, -0.05) is 53.3 Å². The molecular formula is C18H18N2OS. The van der Waals surface area contributed by atoms with E-state index in [1.165, 1.54) is 22.5 Å². The molecule has 3 nitrogen and oxygen atoms in total. The Kier molecular flexibility index (Phi) is 3.94. The average Bonchev–Trinajstić information content (AvgIpc) is 2.90. The molecule has 0 saturated carbocycles. The van der Waals surface area contributed by atoms with Gasteiger partial charge in [-0.15, -0.1) is 0 Å². The fourth-order valence-electron chi connectivity index (χ4n) is 2.37. The number of nitrogens with zero attached hydrogens (tertiary/aromatic N) is 1. The Hall–Kier alpha value is -2.20. The van der Waals surface area contributed by atoms with Gasteiger partial charge in [-0.05, 0) is 37.5 Å². The summed E-state index contributed by atoms with van der Waals surface area (Å²) < 4.78 is 1.14. The van der Waals surface area contributed by atoms with Crippen LogP contribution in [0.25, 0.3) is 10.2 Å². The van der Waals surface area contributed by atoms with Gasteiger partial charge in [0.2, 0.25) is 5.91 Å². The molecule has 112 valence electrons. The largest absolute Gasteiger partial charge is 0.302 e. The number of rotatable bonds is 3. The fraction of sp³-hybridized carbons (Fsp3) is 0.222. The van der Waals surface area contributed by atoms with Crippen molar-refractivity contribution in [3.8, 4) is 0 Å². The number of amides is 1. The Labute approximate surface area is 134 Å². The van der Waals surface area contributed by atoms with E-state index in [2.05, 4.69) is 29.4 Å². The van der Waals surface area contributed by atoms with Gasteiger partial charge in [-0.2, -0.15) is 0 Å². The Bertz CT molecular complexity index is 795. The molecule has 2 aromatic carbocycles. The predicted molar refractivity (Wildman–Crippen MR) is 92.6 cm³/mol. The van der Waals surface area contributed by atoms with E-state index in [1.807, 2.05) is 38.1 Å². The minimum Gasteiger partial charge on any atom is -0.302 e. The number of hydrogen-bond donors (Lipinski definition) is 1. The zero-order valence-corrected chi connectivity index (χ0v) is 13.8. The quantitative estimate of drug-likeness (QED) is 0.779. The highest BCUT2D eigenvalue weighted by molar-refractivity contribution is 7.22. The van der Waals surface area contributed by atoms with E-state index in [0.717, 1.165) is 21.3 Å². The summed E-state index contributed by atoms with van der Waals surface area (Å²) in [6.45, 7) is 6.15. The van der Waals surface area contributed by atoms with Crippen molar-refractivity contribution < 1.29 is 4.79 Å². The molecule has 0 radical (unpaired) electrons.